The van der Waals surface area contributed by atoms with Gasteiger partial charge in [-0.25, -0.2) is 0 Å². The van der Waals surface area contributed by atoms with Crippen LogP contribution in [0.2, 0.25) is 0 Å². The third kappa shape index (κ3) is 35.5. The topological polar surface area (TPSA) is 82.1 Å². The molecule has 0 fully saturated rings. The number of nitrogens with zero attached hydrogens (tertiary/aromatic N) is 1. The Bertz CT molecular complexity index is 1130. The average molecular weight is 884 g/mol. The highest BCUT2D eigenvalue weighted by Crippen LogP contribution is 2.22. The molecule has 1 aromatic rings. The van der Waals surface area contributed by atoms with E-state index in [1.807, 2.05) is 30.3 Å². The van der Waals surface area contributed by atoms with Gasteiger partial charge < -0.3 is 19.1 Å². The summed E-state index contributed by atoms with van der Waals surface area (Å²) in [6, 6.07) is 10.5. The van der Waals surface area contributed by atoms with Crippen molar-refractivity contribution in [3.63, 3.8) is 0 Å². The van der Waals surface area contributed by atoms with Crippen LogP contribution in [0.4, 0.5) is 0 Å². The molecule has 1 aromatic carbocycles. The number of carbonyl (C=O) groups is 3. The Morgan fingerprint density at radius 1 is 0.429 bits per heavy atom. The highest BCUT2D eigenvalue weighted by atomic mass is 16.5. The largest absolute Gasteiger partial charge is 0.465 e. The van der Waals surface area contributed by atoms with Gasteiger partial charge in [-0.2, -0.15) is 0 Å². The van der Waals surface area contributed by atoms with Crippen molar-refractivity contribution >= 4 is 17.9 Å². The van der Waals surface area contributed by atoms with Gasteiger partial charge in [0.25, 0.3) is 0 Å². The van der Waals surface area contributed by atoms with Gasteiger partial charge in [-0.3, -0.25) is 14.4 Å². The third-order valence-corrected chi connectivity index (χ3v) is 13.3. The maximum Gasteiger partial charge on any atom is 0.306 e. The molecular formula is C56H101NO6. The quantitative estimate of drug-likeness (QED) is 0.0366. The van der Waals surface area contributed by atoms with E-state index in [0.29, 0.717) is 57.0 Å². The van der Waals surface area contributed by atoms with Gasteiger partial charge in [0.05, 0.1) is 13.2 Å². The van der Waals surface area contributed by atoms with Crippen LogP contribution in [0.5, 0.6) is 0 Å². The van der Waals surface area contributed by atoms with E-state index in [4.69, 9.17) is 14.2 Å². The normalized spacial score (nSPS) is 12.9. The van der Waals surface area contributed by atoms with Crippen LogP contribution < -0.4 is 0 Å². The van der Waals surface area contributed by atoms with Gasteiger partial charge in [-0.15, -0.1) is 0 Å². The Morgan fingerprint density at radius 2 is 0.810 bits per heavy atom. The fourth-order valence-corrected chi connectivity index (χ4v) is 8.73. The van der Waals surface area contributed by atoms with Crippen molar-refractivity contribution in [1.29, 1.82) is 0 Å². The molecule has 0 N–H and O–H groups in total. The molecular weight excluding hydrogens is 783 g/mol. The lowest BCUT2D eigenvalue weighted by Crippen LogP contribution is -2.37. The minimum atomic E-state index is -0.0945. The van der Waals surface area contributed by atoms with Crippen LogP contribution in [-0.4, -0.2) is 55.2 Å². The lowest BCUT2D eigenvalue weighted by atomic mass is 9.97. The lowest BCUT2D eigenvalue weighted by molar-refractivity contribution is -0.146. The molecule has 7 heteroatoms. The first-order valence-electron chi connectivity index (χ1n) is 27.1. The van der Waals surface area contributed by atoms with Gasteiger partial charge in [0.15, 0.2) is 0 Å². The van der Waals surface area contributed by atoms with E-state index in [1.54, 1.807) is 0 Å². The van der Waals surface area contributed by atoms with E-state index >= 15 is 0 Å². The molecule has 0 bridgehead atoms. The summed E-state index contributed by atoms with van der Waals surface area (Å²) in [4.78, 5) is 40.2. The molecule has 63 heavy (non-hydrogen) atoms. The molecule has 0 aliphatic heterocycles. The fourth-order valence-electron chi connectivity index (χ4n) is 8.73. The van der Waals surface area contributed by atoms with Gasteiger partial charge in [0.1, 0.15) is 6.61 Å². The van der Waals surface area contributed by atoms with Crippen LogP contribution in [-0.2, 0) is 35.2 Å². The summed E-state index contributed by atoms with van der Waals surface area (Å²) in [7, 11) is 0. The van der Waals surface area contributed by atoms with E-state index < -0.39 is 0 Å². The van der Waals surface area contributed by atoms with E-state index in [-0.39, 0.29) is 17.9 Å². The van der Waals surface area contributed by atoms with Crippen molar-refractivity contribution in [3.05, 3.63) is 35.9 Å². The van der Waals surface area contributed by atoms with Gasteiger partial charge in [0, 0.05) is 25.3 Å². The molecule has 366 valence electrons. The highest BCUT2D eigenvalue weighted by molar-refractivity contribution is 5.70. The number of benzene rings is 1. The molecule has 0 aliphatic carbocycles. The molecule has 1 rings (SSSR count). The van der Waals surface area contributed by atoms with Gasteiger partial charge in [-0.05, 0) is 88.3 Å². The van der Waals surface area contributed by atoms with Crippen molar-refractivity contribution in [3.8, 4) is 0 Å². The zero-order valence-electron chi connectivity index (χ0n) is 42.1. The number of ether oxygens (including phenoxy) is 3. The summed E-state index contributed by atoms with van der Waals surface area (Å²) in [5.74, 6) is 0.881. The summed E-state index contributed by atoms with van der Waals surface area (Å²) in [6.07, 6.45) is 38.3. The molecule has 0 aliphatic rings. The first-order valence-corrected chi connectivity index (χ1v) is 27.1. The third-order valence-electron chi connectivity index (χ3n) is 13.3. The van der Waals surface area contributed by atoms with E-state index in [2.05, 4.69) is 39.5 Å². The molecule has 0 aromatic heterocycles. The van der Waals surface area contributed by atoms with Crippen LogP contribution in [0.1, 0.15) is 258 Å². The fraction of sp³-hybridized carbons (Fsp3) is 0.839. The molecule has 0 heterocycles. The van der Waals surface area contributed by atoms with Crippen molar-refractivity contribution in [2.75, 3.05) is 26.3 Å². The molecule has 0 radical (unpaired) electrons. The van der Waals surface area contributed by atoms with Crippen LogP contribution >= 0.6 is 0 Å². The van der Waals surface area contributed by atoms with Crippen molar-refractivity contribution in [2.24, 2.45) is 11.8 Å². The molecule has 0 saturated heterocycles. The van der Waals surface area contributed by atoms with Crippen LogP contribution in [0.25, 0.3) is 0 Å². The zero-order valence-corrected chi connectivity index (χ0v) is 42.1. The summed E-state index contributed by atoms with van der Waals surface area (Å²) < 4.78 is 16.9. The average Bonchev–Trinajstić information content (AvgIpc) is 3.30. The predicted octanol–water partition coefficient (Wildman–Crippen LogP) is 16.1. The Hall–Kier alpha value is -2.41. The summed E-state index contributed by atoms with van der Waals surface area (Å²) in [5, 5.41) is 0. The van der Waals surface area contributed by atoms with Crippen LogP contribution in [0, 0.1) is 11.8 Å². The molecule has 2 unspecified atom stereocenters. The second-order valence-corrected chi connectivity index (χ2v) is 18.9. The van der Waals surface area contributed by atoms with Crippen molar-refractivity contribution in [2.45, 2.75) is 266 Å². The summed E-state index contributed by atoms with van der Waals surface area (Å²) >= 11 is 0. The lowest BCUT2D eigenvalue weighted by Gasteiger charge is -2.32. The molecule has 0 spiro atoms. The second-order valence-electron chi connectivity index (χ2n) is 18.9. The number of hydrogen-bond acceptors (Lipinski definition) is 7. The van der Waals surface area contributed by atoms with Crippen molar-refractivity contribution < 1.29 is 28.6 Å². The SMILES string of the molecule is CCCCCCCCCN(CCCCC(=O)OCc1ccccc1)C(CCCCCCCCC(=O)OCC(CC)CCCC)CCCCCCCCC(=O)OCC(CC)CCCC. The van der Waals surface area contributed by atoms with Crippen LogP contribution in [0.15, 0.2) is 30.3 Å². The molecule has 2 atom stereocenters. The van der Waals surface area contributed by atoms with E-state index in [9.17, 15) is 14.4 Å². The monoisotopic (exact) mass is 884 g/mol. The Balaban J connectivity index is 2.66. The standard InChI is InChI=1S/C56H101NO6/c1-6-11-14-15-20-25-34-45-57(46-35-33-44-56(60)63-49-52-38-27-26-28-39-52)53(40-29-21-16-18-23-31-42-54(58)61-47-50(9-4)36-12-7-2)41-30-22-17-19-24-32-43-55(59)62-48-51(10-5)37-13-8-3/h26-28,38-39,50-51,53H,6-25,29-37,40-49H2,1-5H3. The number of hydrogen-bond donors (Lipinski definition) is 0. The Labute approximate surface area is 389 Å². The first-order chi connectivity index (χ1) is 30.9. The second kappa shape index (κ2) is 43.5. The van der Waals surface area contributed by atoms with Gasteiger partial charge in [-0.1, -0.05) is 206 Å². The Morgan fingerprint density at radius 3 is 1.27 bits per heavy atom. The number of rotatable bonds is 46. The van der Waals surface area contributed by atoms with E-state index in [0.717, 1.165) is 82.9 Å². The maximum absolute atomic E-state index is 12.6. The Kier molecular flexibility index (Phi) is 40.4. The minimum Gasteiger partial charge on any atom is -0.465 e. The van der Waals surface area contributed by atoms with Gasteiger partial charge in [0.2, 0.25) is 0 Å². The molecule has 0 saturated carbocycles. The van der Waals surface area contributed by atoms with Crippen LogP contribution in [0.3, 0.4) is 0 Å². The number of unbranched alkanes of at least 4 members (excludes halogenated alkanes) is 19. The maximum atomic E-state index is 12.6. The van der Waals surface area contributed by atoms with Gasteiger partial charge >= 0.3 is 17.9 Å². The molecule has 7 nitrogen and oxygen atoms in total. The predicted molar refractivity (Wildman–Crippen MR) is 266 cm³/mol. The summed E-state index contributed by atoms with van der Waals surface area (Å²) in [5.41, 5.74) is 1.03. The number of carbonyl (C=O) groups excluding carboxylic acids is 3. The smallest absolute Gasteiger partial charge is 0.306 e. The van der Waals surface area contributed by atoms with E-state index in [1.165, 1.54) is 135 Å². The van der Waals surface area contributed by atoms with Crippen molar-refractivity contribution in [1.82, 2.24) is 4.90 Å². The highest BCUT2D eigenvalue weighted by Gasteiger charge is 2.19. The number of esters is 3. The zero-order chi connectivity index (χ0) is 45.9. The first kappa shape index (κ1) is 58.6. The minimum absolute atomic E-state index is 0.0174. The molecule has 0 amide bonds. The summed E-state index contributed by atoms with van der Waals surface area (Å²) in [6.45, 7) is 14.8.